The molecular formula is C15H21NO2. The summed E-state index contributed by atoms with van der Waals surface area (Å²) in [4.78, 5) is 13.8. The lowest BCUT2D eigenvalue weighted by Gasteiger charge is -2.18. The van der Waals surface area contributed by atoms with Gasteiger partial charge in [-0.3, -0.25) is 4.79 Å². The van der Waals surface area contributed by atoms with Crippen LogP contribution in [0.1, 0.15) is 31.7 Å². The summed E-state index contributed by atoms with van der Waals surface area (Å²) in [6.07, 6.45) is 3.59. The Balaban J connectivity index is 1.77. The second-order valence-electron chi connectivity index (χ2n) is 4.69. The lowest BCUT2D eigenvalue weighted by molar-refractivity contribution is -0.143. The van der Waals surface area contributed by atoms with E-state index in [1.807, 2.05) is 0 Å². The Morgan fingerprint density at radius 1 is 1.39 bits per heavy atom. The average molecular weight is 247 g/mol. The number of nitrogens with zero attached hydrogens (tertiary/aromatic N) is 1. The van der Waals surface area contributed by atoms with Gasteiger partial charge in [0, 0.05) is 18.8 Å². The third-order valence-corrected chi connectivity index (χ3v) is 3.33. The van der Waals surface area contributed by atoms with Crippen LogP contribution >= 0.6 is 0 Å². The molecule has 0 saturated carbocycles. The predicted octanol–water partition coefficient (Wildman–Crippen LogP) is 2.78. The van der Waals surface area contributed by atoms with E-state index in [2.05, 4.69) is 36.1 Å². The van der Waals surface area contributed by atoms with Gasteiger partial charge < -0.3 is 9.64 Å². The van der Waals surface area contributed by atoms with Crippen LogP contribution in [-0.4, -0.2) is 25.7 Å². The molecule has 0 radical (unpaired) electrons. The largest absolute Gasteiger partial charge is 0.466 e. The monoisotopic (exact) mass is 247 g/mol. The zero-order valence-electron chi connectivity index (χ0n) is 11.0. The minimum Gasteiger partial charge on any atom is -0.466 e. The van der Waals surface area contributed by atoms with Crippen LogP contribution in [0.25, 0.3) is 0 Å². The van der Waals surface area contributed by atoms with Gasteiger partial charge in [0.25, 0.3) is 0 Å². The van der Waals surface area contributed by atoms with Crippen molar-refractivity contribution in [2.45, 2.75) is 32.6 Å². The number of esters is 1. The third kappa shape index (κ3) is 3.25. The van der Waals surface area contributed by atoms with Crippen LogP contribution in [0, 0.1) is 0 Å². The van der Waals surface area contributed by atoms with Crippen molar-refractivity contribution in [2.75, 3.05) is 24.6 Å². The number of carbonyl (C=O) groups is 1. The van der Waals surface area contributed by atoms with Crippen LogP contribution in [0.4, 0.5) is 5.69 Å². The number of ether oxygens (including phenoxy) is 1. The van der Waals surface area contributed by atoms with E-state index in [1.54, 1.807) is 0 Å². The first-order valence-corrected chi connectivity index (χ1v) is 6.79. The highest BCUT2D eigenvalue weighted by Gasteiger charge is 2.18. The number of hydrogen-bond donors (Lipinski definition) is 0. The van der Waals surface area contributed by atoms with E-state index < -0.39 is 0 Å². The molecule has 1 aliphatic heterocycles. The fourth-order valence-electron chi connectivity index (χ4n) is 2.27. The highest BCUT2D eigenvalue weighted by molar-refractivity contribution is 5.70. The molecule has 0 fully saturated rings. The van der Waals surface area contributed by atoms with Gasteiger partial charge in [-0.05, 0) is 24.5 Å². The van der Waals surface area contributed by atoms with Crippen LogP contribution in [0.5, 0.6) is 0 Å². The first-order valence-electron chi connectivity index (χ1n) is 6.79. The molecule has 0 spiro atoms. The summed E-state index contributed by atoms with van der Waals surface area (Å²) in [7, 11) is 0. The van der Waals surface area contributed by atoms with Gasteiger partial charge in [-0.2, -0.15) is 0 Å². The third-order valence-electron chi connectivity index (χ3n) is 3.33. The standard InChI is InChI=1S/C15H21NO2/c1-2-3-12-18-15(17)9-11-16-10-8-13-6-4-5-7-14(13)16/h4-7H,2-3,8-12H2,1H3. The fourth-order valence-corrected chi connectivity index (χ4v) is 2.27. The Morgan fingerprint density at radius 3 is 3.06 bits per heavy atom. The van der Waals surface area contributed by atoms with E-state index in [9.17, 15) is 4.79 Å². The molecule has 0 amide bonds. The maximum absolute atomic E-state index is 11.5. The molecule has 0 saturated heterocycles. The lowest BCUT2D eigenvalue weighted by Crippen LogP contribution is -2.24. The van der Waals surface area contributed by atoms with Crippen LogP contribution in [0.15, 0.2) is 24.3 Å². The van der Waals surface area contributed by atoms with Gasteiger partial charge in [-0.25, -0.2) is 0 Å². The molecule has 0 aromatic heterocycles. The van der Waals surface area contributed by atoms with Crippen LogP contribution in [-0.2, 0) is 16.0 Å². The molecule has 0 aliphatic carbocycles. The minimum absolute atomic E-state index is 0.0761. The van der Waals surface area contributed by atoms with Gasteiger partial charge in [0.1, 0.15) is 0 Å². The summed E-state index contributed by atoms with van der Waals surface area (Å²) >= 11 is 0. The second-order valence-corrected chi connectivity index (χ2v) is 4.69. The van der Waals surface area contributed by atoms with E-state index in [0.29, 0.717) is 13.0 Å². The molecule has 0 unspecified atom stereocenters. The first kappa shape index (κ1) is 12.9. The van der Waals surface area contributed by atoms with Gasteiger partial charge in [0.2, 0.25) is 0 Å². The molecule has 1 heterocycles. The Kier molecular flexibility index (Phi) is 4.62. The van der Waals surface area contributed by atoms with Gasteiger partial charge in [0.05, 0.1) is 13.0 Å². The van der Waals surface area contributed by atoms with Gasteiger partial charge in [0.15, 0.2) is 0 Å². The average Bonchev–Trinajstić information content (AvgIpc) is 2.80. The molecule has 3 heteroatoms. The number of hydrogen-bond acceptors (Lipinski definition) is 3. The Labute approximate surface area is 109 Å². The molecule has 0 bridgehead atoms. The van der Waals surface area contributed by atoms with Crippen molar-refractivity contribution in [2.24, 2.45) is 0 Å². The summed E-state index contributed by atoms with van der Waals surface area (Å²) in [5.41, 5.74) is 2.66. The van der Waals surface area contributed by atoms with Crippen molar-refractivity contribution < 1.29 is 9.53 Å². The predicted molar refractivity (Wildman–Crippen MR) is 72.8 cm³/mol. The number of fused-ring (bicyclic) bond motifs is 1. The van der Waals surface area contributed by atoms with Gasteiger partial charge in [-0.1, -0.05) is 31.5 Å². The highest BCUT2D eigenvalue weighted by Crippen LogP contribution is 2.27. The molecule has 1 aromatic rings. The zero-order valence-corrected chi connectivity index (χ0v) is 11.0. The molecule has 18 heavy (non-hydrogen) atoms. The number of para-hydroxylation sites is 1. The van der Waals surface area contributed by atoms with E-state index in [1.165, 1.54) is 11.3 Å². The number of carbonyl (C=O) groups excluding carboxylic acids is 1. The summed E-state index contributed by atoms with van der Waals surface area (Å²) in [6, 6.07) is 8.41. The van der Waals surface area contributed by atoms with E-state index in [0.717, 1.165) is 32.4 Å². The number of rotatable bonds is 6. The van der Waals surface area contributed by atoms with Crippen LogP contribution in [0.3, 0.4) is 0 Å². The summed E-state index contributed by atoms with van der Waals surface area (Å²) in [6.45, 7) is 4.43. The van der Waals surface area contributed by atoms with Crippen molar-refractivity contribution in [3.8, 4) is 0 Å². The molecule has 1 aliphatic rings. The van der Waals surface area contributed by atoms with Gasteiger partial charge in [-0.15, -0.1) is 0 Å². The number of benzene rings is 1. The van der Waals surface area contributed by atoms with E-state index in [4.69, 9.17) is 4.74 Å². The van der Waals surface area contributed by atoms with Crippen molar-refractivity contribution in [1.29, 1.82) is 0 Å². The lowest BCUT2D eigenvalue weighted by atomic mass is 10.2. The summed E-state index contributed by atoms with van der Waals surface area (Å²) in [5.74, 6) is -0.0761. The maximum Gasteiger partial charge on any atom is 0.307 e. The SMILES string of the molecule is CCCCOC(=O)CCN1CCc2ccccc21. The van der Waals surface area contributed by atoms with E-state index >= 15 is 0 Å². The minimum atomic E-state index is -0.0761. The van der Waals surface area contributed by atoms with Crippen LogP contribution in [0.2, 0.25) is 0 Å². The molecule has 0 atom stereocenters. The van der Waals surface area contributed by atoms with Crippen LogP contribution < -0.4 is 4.90 Å². The number of anilines is 1. The highest BCUT2D eigenvalue weighted by atomic mass is 16.5. The topological polar surface area (TPSA) is 29.5 Å². The summed E-state index contributed by atoms with van der Waals surface area (Å²) < 4.78 is 5.16. The van der Waals surface area contributed by atoms with Crippen molar-refractivity contribution in [3.05, 3.63) is 29.8 Å². The summed E-state index contributed by atoms with van der Waals surface area (Å²) in [5, 5.41) is 0. The van der Waals surface area contributed by atoms with E-state index in [-0.39, 0.29) is 5.97 Å². The Morgan fingerprint density at radius 2 is 2.22 bits per heavy atom. The van der Waals surface area contributed by atoms with Crippen molar-refractivity contribution >= 4 is 11.7 Å². The maximum atomic E-state index is 11.5. The molecule has 2 rings (SSSR count). The van der Waals surface area contributed by atoms with Gasteiger partial charge >= 0.3 is 5.97 Å². The number of unbranched alkanes of at least 4 members (excludes halogenated alkanes) is 1. The molecular weight excluding hydrogens is 226 g/mol. The van der Waals surface area contributed by atoms with Crippen molar-refractivity contribution in [1.82, 2.24) is 0 Å². The van der Waals surface area contributed by atoms with Crippen molar-refractivity contribution in [3.63, 3.8) is 0 Å². The zero-order chi connectivity index (χ0) is 12.8. The molecule has 1 aromatic carbocycles. The molecule has 0 N–H and O–H groups in total. The second kappa shape index (κ2) is 6.43. The smallest absolute Gasteiger partial charge is 0.307 e. The fraction of sp³-hybridized carbons (Fsp3) is 0.533. The molecule has 3 nitrogen and oxygen atoms in total. The first-order chi connectivity index (χ1) is 8.81. The Bertz CT molecular complexity index is 403. The quantitative estimate of drug-likeness (QED) is 0.572. The Hall–Kier alpha value is -1.51. The normalized spacial score (nSPS) is 13.5. The molecule has 98 valence electrons.